The normalized spacial score (nSPS) is 15.1. The minimum Gasteiger partial charge on any atom is -0.508 e. The number of carbonyl (C=O) groups excluding carboxylic acids is 3. The summed E-state index contributed by atoms with van der Waals surface area (Å²) in [5.41, 5.74) is 0.514. The van der Waals surface area contributed by atoms with E-state index in [1.54, 1.807) is 48.2 Å². The molecule has 3 amide bonds. The lowest BCUT2D eigenvalue weighted by Gasteiger charge is -2.33. The van der Waals surface area contributed by atoms with Crippen LogP contribution in [0.4, 0.5) is 0 Å². The molecule has 1 saturated heterocycles. The summed E-state index contributed by atoms with van der Waals surface area (Å²) in [7, 11) is 0. The van der Waals surface area contributed by atoms with Gasteiger partial charge in [-0.2, -0.15) is 0 Å². The number of likely N-dealkylation sites (tertiary alicyclic amines) is 1. The Bertz CT molecular complexity index is 893. The Morgan fingerprint density at radius 1 is 1.06 bits per heavy atom. The second kappa shape index (κ2) is 10.5. The van der Waals surface area contributed by atoms with Gasteiger partial charge >= 0.3 is 0 Å². The molecule has 2 aromatic carbocycles. The second-order valence-electron chi connectivity index (χ2n) is 7.47. The molecule has 1 aliphatic rings. The molecule has 8 nitrogen and oxygen atoms in total. The van der Waals surface area contributed by atoms with E-state index in [-0.39, 0.29) is 36.1 Å². The summed E-state index contributed by atoms with van der Waals surface area (Å²) in [6, 6.07) is 14.9. The summed E-state index contributed by atoms with van der Waals surface area (Å²) in [6.07, 6.45) is 0.587. The molecule has 0 aromatic heterocycles. The van der Waals surface area contributed by atoms with Crippen molar-refractivity contribution in [3.8, 4) is 11.5 Å². The van der Waals surface area contributed by atoms with Crippen LogP contribution in [-0.2, 0) is 9.59 Å². The fourth-order valence-corrected chi connectivity index (χ4v) is 3.33. The zero-order valence-electron chi connectivity index (χ0n) is 17.4. The number of hydrogen-bond donors (Lipinski definition) is 3. The Morgan fingerprint density at radius 3 is 2.35 bits per heavy atom. The van der Waals surface area contributed by atoms with Crippen molar-refractivity contribution in [1.29, 1.82) is 0 Å². The van der Waals surface area contributed by atoms with E-state index in [0.717, 1.165) is 0 Å². The highest BCUT2D eigenvalue weighted by molar-refractivity contribution is 5.96. The second-order valence-corrected chi connectivity index (χ2v) is 7.47. The van der Waals surface area contributed by atoms with Gasteiger partial charge in [-0.25, -0.2) is 0 Å². The molecule has 1 unspecified atom stereocenters. The van der Waals surface area contributed by atoms with Crippen LogP contribution in [0.15, 0.2) is 54.6 Å². The average molecular weight is 425 g/mol. The van der Waals surface area contributed by atoms with Crippen LogP contribution in [0.3, 0.4) is 0 Å². The smallest absolute Gasteiger partial charge is 0.260 e. The first-order valence-electron chi connectivity index (χ1n) is 10.3. The summed E-state index contributed by atoms with van der Waals surface area (Å²) in [4.78, 5) is 38.5. The van der Waals surface area contributed by atoms with Crippen LogP contribution in [0.25, 0.3) is 0 Å². The quantitative estimate of drug-likeness (QED) is 0.626. The van der Waals surface area contributed by atoms with Crippen molar-refractivity contribution < 1.29 is 24.2 Å². The molecule has 3 N–H and O–H groups in total. The number of hydrogen-bond acceptors (Lipinski definition) is 5. The van der Waals surface area contributed by atoms with Crippen LogP contribution in [0.1, 0.15) is 30.1 Å². The number of piperidine rings is 1. The fourth-order valence-electron chi connectivity index (χ4n) is 3.33. The summed E-state index contributed by atoms with van der Waals surface area (Å²) < 4.78 is 5.59. The lowest BCUT2D eigenvalue weighted by molar-refractivity contribution is -0.131. The number of carbonyl (C=O) groups is 3. The van der Waals surface area contributed by atoms with Crippen LogP contribution < -0.4 is 15.4 Å². The third-order valence-corrected chi connectivity index (χ3v) is 5.15. The van der Waals surface area contributed by atoms with Crippen molar-refractivity contribution in [3.63, 3.8) is 0 Å². The number of phenols is 1. The minimum absolute atomic E-state index is 0.0404. The lowest BCUT2D eigenvalue weighted by Crippen LogP contribution is -2.50. The molecule has 2 aromatic rings. The van der Waals surface area contributed by atoms with Crippen LogP contribution in [0.5, 0.6) is 11.5 Å². The van der Waals surface area contributed by atoms with Crippen molar-refractivity contribution >= 4 is 17.7 Å². The molecule has 31 heavy (non-hydrogen) atoms. The average Bonchev–Trinajstić information content (AvgIpc) is 2.79. The highest BCUT2D eigenvalue weighted by Crippen LogP contribution is 2.17. The maximum Gasteiger partial charge on any atom is 0.260 e. The molecular formula is C23H27N3O5. The van der Waals surface area contributed by atoms with Crippen LogP contribution in [0.2, 0.25) is 0 Å². The van der Waals surface area contributed by atoms with Gasteiger partial charge < -0.3 is 25.4 Å². The SMILES string of the molecule is CC(Oc1ccc(O)cc1)C(=O)NC1CCN(C(=O)CNC(=O)c2ccccc2)CC1. The van der Waals surface area contributed by atoms with Crippen molar-refractivity contribution in [1.82, 2.24) is 15.5 Å². The monoisotopic (exact) mass is 425 g/mol. The zero-order chi connectivity index (χ0) is 22.2. The fraction of sp³-hybridized carbons (Fsp3) is 0.348. The van der Waals surface area contributed by atoms with Crippen molar-refractivity contribution in [2.45, 2.75) is 31.9 Å². The van der Waals surface area contributed by atoms with E-state index in [4.69, 9.17) is 4.74 Å². The molecule has 0 spiro atoms. The van der Waals surface area contributed by atoms with E-state index in [1.807, 2.05) is 6.07 Å². The maximum atomic E-state index is 12.4. The number of ether oxygens (including phenoxy) is 1. The molecule has 1 aliphatic heterocycles. The maximum absolute atomic E-state index is 12.4. The summed E-state index contributed by atoms with van der Waals surface area (Å²) in [6.45, 7) is 2.63. The molecule has 8 heteroatoms. The van der Waals surface area contributed by atoms with Crippen molar-refractivity contribution in [3.05, 3.63) is 60.2 Å². The van der Waals surface area contributed by atoms with Crippen molar-refractivity contribution in [2.75, 3.05) is 19.6 Å². The molecule has 1 heterocycles. The largest absolute Gasteiger partial charge is 0.508 e. The Balaban J connectivity index is 1.38. The van der Waals surface area contributed by atoms with Gasteiger partial charge in [-0.3, -0.25) is 14.4 Å². The first kappa shape index (κ1) is 22.1. The summed E-state index contributed by atoms with van der Waals surface area (Å²) in [5.74, 6) is -0.0198. The third-order valence-electron chi connectivity index (χ3n) is 5.15. The molecule has 0 saturated carbocycles. The third kappa shape index (κ3) is 6.47. The molecule has 0 bridgehead atoms. The number of benzene rings is 2. The van der Waals surface area contributed by atoms with Gasteiger partial charge in [0.15, 0.2) is 6.10 Å². The van der Waals surface area contributed by atoms with E-state index < -0.39 is 6.10 Å². The number of aromatic hydroxyl groups is 1. The van der Waals surface area contributed by atoms with Gasteiger partial charge in [-0.1, -0.05) is 18.2 Å². The van der Waals surface area contributed by atoms with Gasteiger partial charge in [0.05, 0.1) is 6.54 Å². The predicted octanol–water partition coefficient (Wildman–Crippen LogP) is 1.70. The predicted molar refractivity (Wildman–Crippen MR) is 115 cm³/mol. The molecule has 0 aliphatic carbocycles. The van der Waals surface area contributed by atoms with Crippen LogP contribution in [-0.4, -0.2) is 59.5 Å². The van der Waals surface area contributed by atoms with Gasteiger partial charge in [-0.05, 0) is 56.2 Å². The summed E-state index contributed by atoms with van der Waals surface area (Å²) >= 11 is 0. The van der Waals surface area contributed by atoms with Gasteiger partial charge in [0.25, 0.3) is 11.8 Å². The number of rotatable bonds is 7. The highest BCUT2D eigenvalue weighted by atomic mass is 16.5. The van der Waals surface area contributed by atoms with E-state index >= 15 is 0 Å². The van der Waals surface area contributed by atoms with Gasteiger partial charge in [0, 0.05) is 24.7 Å². The van der Waals surface area contributed by atoms with Crippen LogP contribution in [0, 0.1) is 0 Å². The number of nitrogens with zero attached hydrogens (tertiary/aromatic N) is 1. The zero-order valence-corrected chi connectivity index (χ0v) is 17.4. The van der Waals surface area contributed by atoms with E-state index in [0.29, 0.717) is 37.2 Å². The molecular weight excluding hydrogens is 398 g/mol. The molecule has 1 fully saturated rings. The van der Waals surface area contributed by atoms with Crippen LogP contribution >= 0.6 is 0 Å². The first-order valence-corrected chi connectivity index (χ1v) is 10.3. The van der Waals surface area contributed by atoms with E-state index in [1.165, 1.54) is 12.1 Å². The Morgan fingerprint density at radius 2 is 1.71 bits per heavy atom. The standard InChI is InChI=1S/C23H27N3O5/c1-16(31-20-9-7-19(27)8-10-20)22(29)25-18-11-13-26(14-12-18)21(28)15-24-23(30)17-5-3-2-4-6-17/h2-10,16,18,27H,11-15H2,1H3,(H,24,30)(H,25,29). The van der Waals surface area contributed by atoms with Gasteiger partial charge in [0.1, 0.15) is 11.5 Å². The molecule has 0 radical (unpaired) electrons. The first-order chi connectivity index (χ1) is 14.9. The van der Waals surface area contributed by atoms with Gasteiger partial charge in [0.2, 0.25) is 5.91 Å². The Hall–Kier alpha value is -3.55. The molecule has 164 valence electrons. The topological polar surface area (TPSA) is 108 Å². The Labute approximate surface area is 181 Å². The van der Waals surface area contributed by atoms with Gasteiger partial charge in [-0.15, -0.1) is 0 Å². The minimum atomic E-state index is -0.683. The van der Waals surface area contributed by atoms with E-state index in [9.17, 15) is 19.5 Å². The van der Waals surface area contributed by atoms with E-state index in [2.05, 4.69) is 10.6 Å². The summed E-state index contributed by atoms with van der Waals surface area (Å²) in [5, 5.41) is 14.9. The number of amides is 3. The molecule has 1 atom stereocenters. The number of nitrogens with one attached hydrogen (secondary N) is 2. The Kier molecular flexibility index (Phi) is 7.48. The van der Waals surface area contributed by atoms with Crippen molar-refractivity contribution in [2.24, 2.45) is 0 Å². The lowest BCUT2D eigenvalue weighted by atomic mass is 10.0. The number of phenolic OH excluding ortho intramolecular Hbond substituents is 1. The highest BCUT2D eigenvalue weighted by Gasteiger charge is 2.26. The molecule has 3 rings (SSSR count).